The fourth-order valence-electron chi connectivity index (χ4n) is 3.74. The van der Waals surface area contributed by atoms with E-state index in [0.29, 0.717) is 0 Å². The second-order valence-corrected chi connectivity index (χ2v) is 19.9. The summed E-state index contributed by atoms with van der Waals surface area (Å²) in [6.07, 6.45) is 6.56. The standard InChI is InChI=1S/C18H40O4P2/c1-9-23(10-2,11-3,12-4)21-17(19)18(20)22-24(13-5,14-6,15-7)16-8/h9-16H2,1-8H3. The van der Waals surface area contributed by atoms with Crippen LogP contribution in [0.4, 0.5) is 0 Å². The van der Waals surface area contributed by atoms with E-state index in [1.807, 2.05) is 0 Å². The molecule has 0 fully saturated rings. The van der Waals surface area contributed by atoms with Crippen molar-refractivity contribution < 1.29 is 18.6 Å². The van der Waals surface area contributed by atoms with Gasteiger partial charge >= 0.3 is 149 Å². The molecule has 0 atom stereocenters. The summed E-state index contributed by atoms with van der Waals surface area (Å²) >= 11 is 0. The first-order chi connectivity index (χ1) is 11.1. The molecule has 0 spiro atoms. The van der Waals surface area contributed by atoms with E-state index in [0.717, 1.165) is 49.3 Å². The van der Waals surface area contributed by atoms with Gasteiger partial charge in [-0.25, -0.2) is 0 Å². The first kappa shape index (κ1) is 23.8. The molecule has 146 valence electrons. The van der Waals surface area contributed by atoms with Crippen LogP contribution in [-0.2, 0) is 18.6 Å². The van der Waals surface area contributed by atoms with Crippen LogP contribution in [0.1, 0.15) is 55.4 Å². The molecule has 0 aromatic heterocycles. The fraction of sp³-hybridized carbons (Fsp3) is 0.889. The molecule has 24 heavy (non-hydrogen) atoms. The van der Waals surface area contributed by atoms with Crippen LogP contribution in [0.5, 0.6) is 0 Å². The average Bonchev–Trinajstić information content (AvgIpc) is 2.65. The second kappa shape index (κ2) is 8.45. The normalized spacial score (nSPS) is 15.7. The van der Waals surface area contributed by atoms with E-state index in [4.69, 9.17) is 9.05 Å². The van der Waals surface area contributed by atoms with Crippen LogP contribution in [0.3, 0.4) is 0 Å². The van der Waals surface area contributed by atoms with Crippen LogP contribution < -0.4 is 0 Å². The van der Waals surface area contributed by atoms with Crippen molar-refractivity contribution in [3.8, 4) is 0 Å². The van der Waals surface area contributed by atoms with Crippen molar-refractivity contribution >= 4 is 25.6 Å². The molecule has 0 aromatic rings. The van der Waals surface area contributed by atoms with Crippen LogP contribution in [-0.4, -0.2) is 61.2 Å². The number of carbonyl (C=O) groups is 2. The summed E-state index contributed by atoms with van der Waals surface area (Å²) in [4.78, 5) is 25.3. The maximum atomic E-state index is 12.6. The summed E-state index contributed by atoms with van der Waals surface area (Å²) in [6, 6.07) is 0. The first-order valence-corrected chi connectivity index (χ1v) is 15.4. The quantitative estimate of drug-likeness (QED) is 0.386. The second-order valence-electron chi connectivity index (χ2n) is 7.00. The monoisotopic (exact) mass is 382 g/mol. The molecular weight excluding hydrogens is 342 g/mol. The molecule has 0 amide bonds. The minimum atomic E-state index is -2.63. The van der Waals surface area contributed by atoms with Crippen molar-refractivity contribution in [2.75, 3.05) is 49.3 Å². The van der Waals surface area contributed by atoms with Crippen molar-refractivity contribution in [3.05, 3.63) is 0 Å². The zero-order chi connectivity index (χ0) is 19.1. The predicted octanol–water partition coefficient (Wildman–Crippen LogP) is 5.17. The van der Waals surface area contributed by atoms with Crippen molar-refractivity contribution in [1.82, 2.24) is 0 Å². The molecule has 0 bridgehead atoms. The van der Waals surface area contributed by atoms with Gasteiger partial charge in [-0.05, 0) is 0 Å². The van der Waals surface area contributed by atoms with Gasteiger partial charge in [0.1, 0.15) is 0 Å². The zero-order valence-corrected chi connectivity index (χ0v) is 19.0. The third-order valence-corrected chi connectivity index (χ3v) is 21.4. The Morgan fingerprint density at radius 3 is 0.792 bits per heavy atom. The van der Waals surface area contributed by atoms with E-state index in [1.54, 1.807) is 0 Å². The van der Waals surface area contributed by atoms with Gasteiger partial charge in [-0.3, -0.25) is 0 Å². The van der Waals surface area contributed by atoms with Gasteiger partial charge in [0, 0.05) is 0 Å². The molecule has 0 radical (unpaired) electrons. The molecule has 0 saturated heterocycles. The molecule has 0 rings (SSSR count). The van der Waals surface area contributed by atoms with E-state index >= 15 is 0 Å². The van der Waals surface area contributed by atoms with Crippen molar-refractivity contribution in [3.63, 3.8) is 0 Å². The maximum absolute atomic E-state index is 12.6. The van der Waals surface area contributed by atoms with Gasteiger partial charge in [0.25, 0.3) is 0 Å². The third-order valence-electron chi connectivity index (χ3n) is 7.25. The number of carbonyl (C=O) groups excluding carboxylic acids is 2. The Morgan fingerprint density at radius 1 is 0.500 bits per heavy atom. The molecule has 6 heteroatoms. The van der Waals surface area contributed by atoms with E-state index in [2.05, 4.69) is 55.4 Å². The summed E-state index contributed by atoms with van der Waals surface area (Å²) in [5.74, 6) is -1.53. The van der Waals surface area contributed by atoms with E-state index < -0.39 is 25.6 Å². The van der Waals surface area contributed by atoms with Gasteiger partial charge in [-0.1, -0.05) is 0 Å². The molecule has 0 heterocycles. The summed E-state index contributed by atoms with van der Waals surface area (Å²) in [7, 11) is 0. The Labute approximate surface area is 149 Å². The van der Waals surface area contributed by atoms with E-state index in [-0.39, 0.29) is 0 Å². The molecule has 0 aliphatic rings. The molecule has 0 unspecified atom stereocenters. The van der Waals surface area contributed by atoms with Crippen LogP contribution in [0.25, 0.3) is 0 Å². The van der Waals surface area contributed by atoms with Gasteiger partial charge in [-0.15, -0.1) is 0 Å². The topological polar surface area (TPSA) is 52.6 Å². The zero-order valence-electron chi connectivity index (χ0n) is 17.2. The molecule has 0 saturated carbocycles. The van der Waals surface area contributed by atoms with Crippen LogP contribution in [0, 0.1) is 0 Å². The summed E-state index contributed by atoms with van der Waals surface area (Å²) in [6.45, 7) is 11.3. The van der Waals surface area contributed by atoms with Gasteiger partial charge in [0.05, 0.1) is 0 Å². The van der Waals surface area contributed by atoms with E-state index in [1.165, 1.54) is 0 Å². The van der Waals surface area contributed by atoms with Crippen molar-refractivity contribution in [2.45, 2.75) is 55.4 Å². The van der Waals surface area contributed by atoms with Gasteiger partial charge in [0.15, 0.2) is 0 Å². The number of rotatable bonds is 10. The first-order valence-electron chi connectivity index (χ1n) is 9.62. The Kier molecular flexibility index (Phi) is 8.38. The number of hydrogen-bond acceptors (Lipinski definition) is 4. The van der Waals surface area contributed by atoms with Crippen molar-refractivity contribution in [1.29, 1.82) is 0 Å². The van der Waals surface area contributed by atoms with Crippen LogP contribution in [0.2, 0.25) is 0 Å². The Balaban J connectivity index is 5.58. The molecule has 0 aliphatic heterocycles. The average molecular weight is 382 g/mol. The molecule has 0 aromatic carbocycles. The fourth-order valence-corrected chi connectivity index (χ4v) is 11.2. The predicted molar refractivity (Wildman–Crippen MR) is 110 cm³/mol. The molecular formula is C18H40O4P2. The molecule has 0 N–H and O–H groups in total. The van der Waals surface area contributed by atoms with Crippen LogP contribution in [0.15, 0.2) is 0 Å². The molecule has 0 aliphatic carbocycles. The summed E-state index contributed by atoms with van der Waals surface area (Å²) < 4.78 is 12.0. The van der Waals surface area contributed by atoms with Crippen LogP contribution >= 0.6 is 13.7 Å². The Morgan fingerprint density at radius 2 is 0.667 bits per heavy atom. The Bertz CT molecular complexity index is 365. The third kappa shape index (κ3) is 4.13. The SMILES string of the molecule is CCP(CC)(CC)(CC)OC(=O)C(=O)OP(CC)(CC)(CC)CC. The van der Waals surface area contributed by atoms with Gasteiger partial charge < -0.3 is 0 Å². The van der Waals surface area contributed by atoms with Gasteiger partial charge in [0.2, 0.25) is 0 Å². The van der Waals surface area contributed by atoms with E-state index in [9.17, 15) is 9.59 Å². The minimum absolute atomic E-state index is 0.766. The molecule has 4 nitrogen and oxygen atoms in total. The van der Waals surface area contributed by atoms with Crippen molar-refractivity contribution in [2.24, 2.45) is 0 Å². The summed E-state index contributed by atoms with van der Waals surface area (Å²) in [5.41, 5.74) is 0. The summed E-state index contributed by atoms with van der Waals surface area (Å²) in [5, 5.41) is 0. The van der Waals surface area contributed by atoms with Gasteiger partial charge in [-0.2, -0.15) is 0 Å². The Hall–Kier alpha value is -0.200. The number of hydrogen-bond donors (Lipinski definition) is 0.